The summed E-state index contributed by atoms with van der Waals surface area (Å²) in [6, 6.07) is 8.93. The van der Waals surface area contributed by atoms with Crippen molar-refractivity contribution in [3.63, 3.8) is 0 Å². The second-order valence-corrected chi connectivity index (χ2v) is 5.43. The average molecular weight is 314 g/mol. The highest BCUT2D eigenvalue weighted by Gasteiger charge is 2.16. The molecule has 1 atom stereocenters. The molecule has 1 rings (SSSR count). The van der Waals surface area contributed by atoms with E-state index in [0.29, 0.717) is 6.04 Å². The van der Waals surface area contributed by atoms with E-state index in [9.17, 15) is 0 Å². The largest absolute Gasteiger partial charge is 0.385 e. The van der Waals surface area contributed by atoms with Gasteiger partial charge in [0.1, 0.15) is 0 Å². The van der Waals surface area contributed by atoms with Gasteiger partial charge in [0.25, 0.3) is 0 Å². The van der Waals surface area contributed by atoms with E-state index in [0.717, 1.165) is 26.1 Å². The van der Waals surface area contributed by atoms with E-state index in [1.165, 1.54) is 16.5 Å². The summed E-state index contributed by atoms with van der Waals surface area (Å²) in [5, 5.41) is 0. The van der Waals surface area contributed by atoms with Gasteiger partial charge in [-0.15, -0.1) is 0 Å². The van der Waals surface area contributed by atoms with Crippen LogP contribution in [0.5, 0.6) is 0 Å². The van der Waals surface area contributed by atoms with Gasteiger partial charge in [0.15, 0.2) is 0 Å². The molecule has 3 heteroatoms. The van der Waals surface area contributed by atoms with Crippen LogP contribution < -0.4 is 0 Å². The first-order chi connectivity index (χ1) is 8.70. The molecule has 1 aromatic rings. The van der Waals surface area contributed by atoms with Crippen molar-refractivity contribution in [3.05, 3.63) is 34.3 Å². The predicted octanol–water partition coefficient (Wildman–Crippen LogP) is 4.26. The number of hydrogen-bond acceptors (Lipinski definition) is 2. The van der Waals surface area contributed by atoms with Crippen molar-refractivity contribution in [1.29, 1.82) is 0 Å². The van der Waals surface area contributed by atoms with Crippen molar-refractivity contribution in [2.24, 2.45) is 0 Å². The molecule has 0 heterocycles. The Morgan fingerprint density at radius 3 is 2.61 bits per heavy atom. The van der Waals surface area contributed by atoms with Crippen LogP contribution in [0.1, 0.15) is 38.3 Å². The molecule has 0 saturated heterocycles. The van der Waals surface area contributed by atoms with Gasteiger partial charge in [-0.1, -0.05) is 41.1 Å². The minimum Gasteiger partial charge on any atom is -0.385 e. The lowest BCUT2D eigenvalue weighted by molar-refractivity contribution is 0.153. The van der Waals surface area contributed by atoms with E-state index in [1.807, 2.05) is 0 Å². The third kappa shape index (κ3) is 4.71. The summed E-state index contributed by atoms with van der Waals surface area (Å²) in [5.74, 6) is 0. The van der Waals surface area contributed by atoms with Gasteiger partial charge in [0.05, 0.1) is 0 Å². The van der Waals surface area contributed by atoms with Crippen LogP contribution in [0.2, 0.25) is 0 Å². The highest BCUT2D eigenvalue weighted by atomic mass is 79.9. The van der Waals surface area contributed by atoms with Crippen LogP contribution in [0.25, 0.3) is 0 Å². The molecule has 0 aliphatic heterocycles. The van der Waals surface area contributed by atoms with Crippen LogP contribution in [-0.4, -0.2) is 31.7 Å². The summed E-state index contributed by atoms with van der Waals surface area (Å²) < 4.78 is 6.34. The third-order valence-electron chi connectivity index (χ3n) is 3.21. The molecule has 1 aromatic carbocycles. The number of methoxy groups -OCH3 is 1. The highest BCUT2D eigenvalue weighted by molar-refractivity contribution is 9.10. The van der Waals surface area contributed by atoms with E-state index in [4.69, 9.17) is 4.74 Å². The third-order valence-corrected chi connectivity index (χ3v) is 3.93. The minimum absolute atomic E-state index is 0.442. The summed E-state index contributed by atoms with van der Waals surface area (Å²) in [6.07, 6.45) is 2.27. The van der Waals surface area contributed by atoms with Crippen LogP contribution in [0.4, 0.5) is 0 Å². The van der Waals surface area contributed by atoms with Gasteiger partial charge in [-0.25, -0.2) is 0 Å². The fourth-order valence-corrected chi connectivity index (χ4v) is 2.82. The van der Waals surface area contributed by atoms with Crippen molar-refractivity contribution in [3.8, 4) is 0 Å². The summed E-state index contributed by atoms with van der Waals surface area (Å²) in [7, 11) is 1.77. The maximum atomic E-state index is 5.14. The summed E-state index contributed by atoms with van der Waals surface area (Å²) in [5.41, 5.74) is 1.36. The molecule has 0 N–H and O–H groups in total. The standard InChI is InChI=1S/C15H24BrNO/c1-4-10-17(11-7-12-18-3)13(2)14-8-5-6-9-15(14)16/h5-6,8-9,13H,4,7,10-12H2,1-3H3. The van der Waals surface area contributed by atoms with E-state index >= 15 is 0 Å². The molecule has 0 spiro atoms. The van der Waals surface area contributed by atoms with Gasteiger partial charge in [0.2, 0.25) is 0 Å². The summed E-state index contributed by atoms with van der Waals surface area (Å²) in [4.78, 5) is 2.53. The number of hydrogen-bond donors (Lipinski definition) is 0. The van der Waals surface area contributed by atoms with Gasteiger partial charge in [-0.05, 0) is 37.9 Å². The lowest BCUT2D eigenvalue weighted by Crippen LogP contribution is -2.29. The Labute approximate surface area is 119 Å². The Balaban J connectivity index is 2.69. The molecular formula is C15H24BrNO. The Morgan fingerprint density at radius 2 is 2.00 bits per heavy atom. The molecule has 0 fully saturated rings. The molecular weight excluding hydrogens is 290 g/mol. The van der Waals surface area contributed by atoms with E-state index in [-0.39, 0.29) is 0 Å². The van der Waals surface area contributed by atoms with Gasteiger partial charge in [-0.2, -0.15) is 0 Å². The topological polar surface area (TPSA) is 12.5 Å². The van der Waals surface area contributed by atoms with Crippen LogP contribution in [0, 0.1) is 0 Å². The van der Waals surface area contributed by atoms with Crippen molar-refractivity contribution in [1.82, 2.24) is 4.90 Å². The molecule has 0 saturated carbocycles. The molecule has 102 valence electrons. The first-order valence-electron chi connectivity index (χ1n) is 6.68. The van der Waals surface area contributed by atoms with E-state index < -0.39 is 0 Å². The molecule has 0 aromatic heterocycles. The predicted molar refractivity (Wildman–Crippen MR) is 80.9 cm³/mol. The smallest absolute Gasteiger partial charge is 0.0474 e. The molecule has 0 radical (unpaired) electrons. The summed E-state index contributed by atoms with van der Waals surface area (Å²) >= 11 is 3.65. The zero-order chi connectivity index (χ0) is 13.4. The number of ether oxygens (including phenoxy) is 1. The monoisotopic (exact) mass is 313 g/mol. The number of nitrogens with zero attached hydrogens (tertiary/aromatic N) is 1. The Bertz CT molecular complexity index is 343. The van der Waals surface area contributed by atoms with E-state index in [2.05, 4.69) is 58.9 Å². The minimum atomic E-state index is 0.442. The fraction of sp³-hybridized carbons (Fsp3) is 0.600. The Hall–Kier alpha value is -0.380. The first-order valence-corrected chi connectivity index (χ1v) is 7.47. The molecule has 0 aliphatic carbocycles. The zero-order valence-corrected chi connectivity index (χ0v) is 13.2. The zero-order valence-electron chi connectivity index (χ0n) is 11.7. The molecule has 2 nitrogen and oxygen atoms in total. The van der Waals surface area contributed by atoms with Gasteiger partial charge >= 0.3 is 0 Å². The SMILES string of the molecule is CCCN(CCCOC)C(C)c1ccccc1Br. The quantitative estimate of drug-likeness (QED) is 0.665. The average Bonchev–Trinajstić information content (AvgIpc) is 2.38. The van der Waals surface area contributed by atoms with Gasteiger partial charge in [-0.3, -0.25) is 4.90 Å². The lowest BCUT2D eigenvalue weighted by atomic mass is 10.1. The Morgan fingerprint density at radius 1 is 1.28 bits per heavy atom. The van der Waals surface area contributed by atoms with Crippen molar-refractivity contribution in [2.75, 3.05) is 26.8 Å². The molecule has 1 unspecified atom stereocenters. The molecule has 0 bridgehead atoms. The van der Waals surface area contributed by atoms with Gasteiger partial charge in [0, 0.05) is 30.8 Å². The summed E-state index contributed by atoms with van der Waals surface area (Å²) in [6.45, 7) is 7.57. The maximum absolute atomic E-state index is 5.14. The van der Waals surface area contributed by atoms with Crippen molar-refractivity contribution >= 4 is 15.9 Å². The maximum Gasteiger partial charge on any atom is 0.0474 e. The van der Waals surface area contributed by atoms with Crippen LogP contribution in [0.3, 0.4) is 0 Å². The highest BCUT2D eigenvalue weighted by Crippen LogP contribution is 2.27. The van der Waals surface area contributed by atoms with E-state index in [1.54, 1.807) is 7.11 Å². The molecule has 18 heavy (non-hydrogen) atoms. The number of rotatable bonds is 8. The fourth-order valence-electron chi connectivity index (χ4n) is 2.21. The first kappa shape index (κ1) is 15.7. The number of halogens is 1. The molecule has 0 amide bonds. The number of benzene rings is 1. The van der Waals surface area contributed by atoms with Crippen LogP contribution in [0.15, 0.2) is 28.7 Å². The van der Waals surface area contributed by atoms with Gasteiger partial charge < -0.3 is 4.74 Å². The van der Waals surface area contributed by atoms with Crippen LogP contribution in [-0.2, 0) is 4.74 Å². The Kier molecular flexibility index (Phi) is 7.56. The lowest BCUT2D eigenvalue weighted by Gasteiger charge is -2.29. The van der Waals surface area contributed by atoms with Crippen molar-refractivity contribution < 1.29 is 4.74 Å². The van der Waals surface area contributed by atoms with Crippen LogP contribution >= 0.6 is 15.9 Å². The molecule has 0 aliphatic rings. The second kappa shape index (κ2) is 8.68. The van der Waals surface area contributed by atoms with Crippen molar-refractivity contribution in [2.45, 2.75) is 32.7 Å². The second-order valence-electron chi connectivity index (χ2n) is 4.58. The normalized spacial score (nSPS) is 12.9.